The first-order valence-corrected chi connectivity index (χ1v) is 13.9. The van der Waals surface area contributed by atoms with Crippen LogP contribution in [-0.4, -0.2) is 14.2 Å². The van der Waals surface area contributed by atoms with E-state index >= 15 is 0 Å². The lowest BCUT2D eigenvalue weighted by Crippen LogP contribution is -2.09. The van der Waals surface area contributed by atoms with Crippen LogP contribution in [0.25, 0.3) is 24.3 Å². The normalized spacial score (nSPS) is 11.2. The maximum atomic E-state index is 6.64. The monoisotopic (exact) mass is 577 g/mol. The van der Waals surface area contributed by atoms with Crippen LogP contribution >= 0.6 is 23.2 Å². The number of hydrogen-bond donors (Lipinski definition) is 0. The Hall–Kier alpha value is -4.44. The lowest BCUT2D eigenvalue weighted by molar-refractivity contribution is 0.414. The van der Waals surface area contributed by atoms with Crippen LogP contribution in [0.2, 0.25) is 10.0 Å². The quantitative estimate of drug-likeness (QED) is 0.162. The molecule has 5 rings (SSSR count). The van der Waals surface area contributed by atoms with Gasteiger partial charge in [-0.25, -0.2) is 0 Å². The van der Waals surface area contributed by atoms with Gasteiger partial charge in [0, 0.05) is 27.1 Å². The van der Waals surface area contributed by atoms with E-state index in [1.165, 1.54) is 0 Å². The summed E-state index contributed by atoms with van der Waals surface area (Å²) in [5.74, 6) is 1.64. The summed E-state index contributed by atoms with van der Waals surface area (Å²) in [5.41, 5.74) is 6.97. The van der Waals surface area contributed by atoms with E-state index in [1.807, 2.05) is 91.0 Å². The number of rotatable bonds is 9. The molecular weight excluding hydrogens is 549 g/mol. The van der Waals surface area contributed by atoms with Gasteiger partial charge in [0.1, 0.15) is 11.5 Å². The summed E-state index contributed by atoms with van der Waals surface area (Å²) in [7, 11) is 3.33. The van der Waals surface area contributed by atoms with Crippen LogP contribution in [0.15, 0.2) is 115 Å². The van der Waals surface area contributed by atoms with Crippen molar-refractivity contribution in [3.8, 4) is 11.5 Å². The minimum Gasteiger partial charge on any atom is -0.497 e. The number of halogens is 2. The molecule has 0 heterocycles. The zero-order chi connectivity index (χ0) is 28.6. The lowest BCUT2D eigenvalue weighted by Gasteiger charge is -2.25. The fourth-order valence-corrected chi connectivity index (χ4v) is 4.88. The van der Waals surface area contributed by atoms with Crippen LogP contribution in [0.5, 0.6) is 11.5 Å². The molecule has 0 fully saturated rings. The minimum absolute atomic E-state index is 0.631. The van der Waals surface area contributed by atoms with E-state index in [9.17, 15) is 0 Å². The smallest absolute Gasteiger partial charge is 0.119 e. The molecule has 204 valence electrons. The van der Waals surface area contributed by atoms with E-state index in [0.717, 1.165) is 50.8 Å². The summed E-state index contributed by atoms with van der Waals surface area (Å²) in [6, 6.07) is 38.4. The van der Waals surface area contributed by atoms with Gasteiger partial charge in [-0.1, -0.05) is 90.0 Å². The molecule has 5 heteroatoms. The molecule has 0 aliphatic rings. The molecule has 5 aromatic carbocycles. The average molecular weight is 579 g/mol. The van der Waals surface area contributed by atoms with Crippen LogP contribution in [0, 0.1) is 0 Å². The molecule has 0 spiro atoms. The highest BCUT2D eigenvalue weighted by Gasteiger charge is 2.12. The van der Waals surface area contributed by atoms with E-state index in [0.29, 0.717) is 10.0 Å². The van der Waals surface area contributed by atoms with Gasteiger partial charge in [0.05, 0.1) is 14.2 Å². The van der Waals surface area contributed by atoms with E-state index < -0.39 is 0 Å². The highest BCUT2D eigenvalue weighted by atomic mass is 35.5. The molecule has 0 amide bonds. The predicted octanol–water partition coefficient (Wildman–Crippen LogP) is 10.8. The first-order valence-electron chi connectivity index (χ1n) is 13.1. The summed E-state index contributed by atoms with van der Waals surface area (Å²) in [6.07, 6.45) is 7.98. The van der Waals surface area contributed by atoms with Gasteiger partial charge in [-0.05, 0) is 95.1 Å². The lowest BCUT2D eigenvalue weighted by atomic mass is 10.1. The molecule has 3 nitrogen and oxygen atoms in total. The standard InChI is InChI=1S/C36H29Cl2NO2/c1-40-33-20-12-27(13-21-33)9-15-29-25-35(37)28(24-36(29)38)14-8-26-10-16-31(17-11-26)39(30-6-4-3-5-7-30)32-18-22-34(41-2)23-19-32/h3-25H,1-2H3/b14-8+,15-9+. The van der Waals surface area contributed by atoms with Gasteiger partial charge in [-0.3, -0.25) is 0 Å². The fourth-order valence-electron chi connectivity index (χ4n) is 4.41. The van der Waals surface area contributed by atoms with Crippen LogP contribution in [-0.2, 0) is 0 Å². The van der Waals surface area contributed by atoms with Gasteiger partial charge in [0.15, 0.2) is 0 Å². The molecule has 5 aromatic rings. The number of nitrogens with zero attached hydrogens (tertiary/aromatic N) is 1. The highest BCUT2D eigenvalue weighted by Crippen LogP contribution is 2.35. The number of benzene rings is 5. The summed E-state index contributed by atoms with van der Waals surface area (Å²) >= 11 is 13.2. The molecule has 0 aliphatic carbocycles. The second-order valence-corrected chi connectivity index (χ2v) is 10.1. The zero-order valence-electron chi connectivity index (χ0n) is 22.8. The van der Waals surface area contributed by atoms with Crippen LogP contribution in [0.1, 0.15) is 22.3 Å². The second kappa shape index (κ2) is 13.3. The number of methoxy groups -OCH3 is 2. The molecule has 0 atom stereocenters. The number of para-hydroxylation sites is 1. The third-order valence-electron chi connectivity index (χ3n) is 6.64. The Morgan fingerprint density at radius 1 is 0.488 bits per heavy atom. The van der Waals surface area contributed by atoms with Crippen molar-refractivity contribution in [1.29, 1.82) is 0 Å². The van der Waals surface area contributed by atoms with Gasteiger partial charge in [0.2, 0.25) is 0 Å². The van der Waals surface area contributed by atoms with Crippen molar-refractivity contribution < 1.29 is 9.47 Å². The maximum absolute atomic E-state index is 6.64. The first kappa shape index (κ1) is 28.1. The topological polar surface area (TPSA) is 21.7 Å². The Labute approximate surface area is 251 Å². The molecular formula is C36H29Cl2NO2. The fraction of sp³-hybridized carbons (Fsp3) is 0.0556. The number of hydrogen-bond acceptors (Lipinski definition) is 3. The van der Waals surface area contributed by atoms with Crippen molar-refractivity contribution in [2.24, 2.45) is 0 Å². The van der Waals surface area contributed by atoms with Gasteiger partial charge in [0.25, 0.3) is 0 Å². The minimum atomic E-state index is 0.631. The van der Waals surface area contributed by atoms with E-state index in [-0.39, 0.29) is 0 Å². The van der Waals surface area contributed by atoms with Crippen molar-refractivity contribution in [1.82, 2.24) is 0 Å². The van der Waals surface area contributed by atoms with E-state index in [2.05, 4.69) is 53.4 Å². The molecule has 0 N–H and O–H groups in total. The molecule has 0 saturated carbocycles. The summed E-state index contributed by atoms with van der Waals surface area (Å²) in [6.45, 7) is 0. The third kappa shape index (κ3) is 7.01. The van der Waals surface area contributed by atoms with Gasteiger partial charge < -0.3 is 14.4 Å². The molecule has 41 heavy (non-hydrogen) atoms. The summed E-state index contributed by atoms with van der Waals surface area (Å²) in [4.78, 5) is 2.21. The SMILES string of the molecule is COc1ccc(/C=C/c2cc(Cl)c(/C=C/c3ccc(N(c4ccccc4)c4ccc(OC)cc4)cc3)cc2Cl)cc1. The third-order valence-corrected chi connectivity index (χ3v) is 7.29. The maximum Gasteiger partial charge on any atom is 0.119 e. The molecule has 0 saturated heterocycles. The molecule has 0 unspecified atom stereocenters. The van der Waals surface area contributed by atoms with Crippen molar-refractivity contribution in [3.63, 3.8) is 0 Å². The first-order chi connectivity index (χ1) is 20.0. The molecule has 0 aromatic heterocycles. The Morgan fingerprint density at radius 3 is 1.34 bits per heavy atom. The van der Waals surface area contributed by atoms with E-state index in [4.69, 9.17) is 32.7 Å². The average Bonchev–Trinajstić information content (AvgIpc) is 3.02. The molecule has 0 radical (unpaired) electrons. The number of anilines is 3. The summed E-state index contributed by atoms with van der Waals surface area (Å²) < 4.78 is 10.6. The highest BCUT2D eigenvalue weighted by molar-refractivity contribution is 6.35. The number of ether oxygens (including phenoxy) is 2. The van der Waals surface area contributed by atoms with Crippen molar-refractivity contribution in [2.75, 3.05) is 19.1 Å². The Morgan fingerprint density at radius 2 is 0.878 bits per heavy atom. The van der Waals surface area contributed by atoms with Crippen molar-refractivity contribution in [3.05, 3.63) is 148 Å². The van der Waals surface area contributed by atoms with E-state index in [1.54, 1.807) is 14.2 Å². The largest absolute Gasteiger partial charge is 0.497 e. The molecule has 0 bridgehead atoms. The zero-order valence-corrected chi connectivity index (χ0v) is 24.3. The van der Waals surface area contributed by atoms with Gasteiger partial charge in [-0.15, -0.1) is 0 Å². The van der Waals surface area contributed by atoms with Crippen molar-refractivity contribution in [2.45, 2.75) is 0 Å². The van der Waals surface area contributed by atoms with Crippen LogP contribution in [0.3, 0.4) is 0 Å². The summed E-state index contributed by atoms with van der Waals surface area (Å²) in [5, 5.41) is 1.26. The van der Waals surface area contributed by atoms with Crippen LogP contribution < -0.4 is 14.4 Å². The van der Waals surface area contributed by atoms with Gasteiger partial charge in [-0.2, -0.15) is 0 Å². The Bertz CT molecular complexity index is 1640. The molecule has 0 aliphatic heterocycles. The van der Waals surface area contributed by atoms with Crippen LogP contribution in [0.4, 0.5) is 17.1 Å². The van der Waals surface area contributed by atoms with Crippen molar-refractivity contribution >= 4 is 64.6 Å². The Balaban J connectivity index is 1.34. The second-order valence-electron chi connectivity index (χ2n) is 9.30. The predicted molar refractivity (Wildman–Crippen MR) is 175 cm³/mol. The Kier molecular flexibility index (Phi) is 9.10. The van der Waals surface area contributed by atoms with Gasteiger partial charge >= 0.3 is 0 Å².